The van der Waals surface area contributed by atoms with Gasteiger partial charge in [-0.15, -0.1) is 0 Å². The predicted molar refractivity (Wildman–Crippen MR) is 71.5 cm³/mol. The zero-order chi connectivity index (χ0) is 13.1. The molecule has 0 aliphatic carbocycles. The van der Waals surface area contributed by atoms with Crippen LogP contribution >= 0.6 is 0 Å². The molecule has 1 saturated heterocycles. The standard InChI is InChI=1S/C15H21NO2/c1-11-10-16(3)12(2)9-14(11)18-15(17)13-7-5-4-6-8-13/h4-8,11-12,14H,9-10H2,1-3H3/t11-,12+,14-/m0/s1. The summed E-state index contributed by atoms with van der Waals surface area (Å²) in [4.78, 5) is 14.3. The van der Waals surface area contributed by atoms with E-state index >= 15 is 0 Å². The largest absolute Gasteiger partial charge is 0.458 e. The van der Waals surface area contributed by atoms with E-state index in [1.165, 1.54) is 0 Å². The molecule has 18 heavy (non-hydrogen) atoms. The maximum atomic E-state index is 12.0. The lowest BCUT2D eigenvalue weighted by Crippen LogP contribution is -2.46. The number of carbonyl (C=O) groups excluding carboxylic acids is 1. The molecule has 1 heterocycles. The van der Waals surface area contributed by atoms with E-state index in [4.69, 9.17) is 4.74 Å². The van der Waals surface area contributed by atoms with Crippen molar-refractivity contribution in [1.82, 2.24) is 4.90 Å². The zero-order valence-electron chi connectivity index (χ0n) is 11.3. The Morgan fingerprint density at radius 3 is 2.61 bits per heavy atom. The van der Waals surface area contributed by atoms with Gasteiger partial charge in [0, 0.05) is 18.5 Å². The summed E-state index contributed by atoms with van der Waals surface area (Å²) in [6.45, 7) is 5.30. The van der Waals surface area contributed by atoms with E-state index in [1.54, 1.807) is 12.1 Å². The number of esters is 1. The van der Waals surface area contributed by atoms with Crippen molar-refractivity contribution in [3.8, 4) is 0 Å². The molecular weight excluding hydrogens is 226 g/mol. The Bertz CT molecular complexity index is 404. The van der Waals surface area contributed by atoms with Crippen LogP contribution in [0.3, 0.4) is 0 Å². The quantitative estimate of drug-likeness (QED) is 0.752. The van der Waals surface area contributed by atoms with E-state index in [-0.39, 0.29) is 12.1 Å². The van der Waals surface area contributed by atoms with Crippen molar-refractivity contribution in [2.24, 2.45) is 5.92 Å². The third-order valence-electron chi connectivity index (χ3n) is 3.80. The van der Waals surface area contributed by atoms with Crippen LogP contribution in [0.15, 0.2) is 30.3 Å². The third-order valence-corrected chi connectivity index (χ3v) is 3.80. The molecule has 0 unspecified atom stereocenters. The SMILES string of the molecule is C[C@@H]1C[C@H](OC(=O)c2ccccc2)[C@@H](C)CN1C. The van der Waals surface area contributed by atoms with Gasteiger partial charge in [-0.25, -0.2) is 4.79 Å². The van der Waals surface area contributed by atoms with Crippen LogP contribution in [0, 0.1) is 5.92 Å². The van der Waals surface area contributed by atoms with Gasteiger partial charge in [0.2, 0.25) is 0 Å². The van der Waals surface area contributed by atoms with Crippen molar-refractivity contribution >= 4 is 5.97 Å². The highest BCUT2D eigenvalue weighted by molar-refractivity contribution is 5.89. The summed E-state index contributed by atoms with van der Waals surface area (Å²) < 4.78 is 5.64. The van der Waals surface area contributed by atoms with Crippen LogP contribution in [0.5, 0.6) is 0 Å². The van der Waals surface area contributed by atoms with Gasteiger partial charge in [0.1, 0.15) is 6.10 Å². The third kappa shape index (κ3) is 2.91. The second-order valence-electron chi connectivity index (χ2n) is 5.31. The molecule has 0 spiro atoms. The molecule has 1 fully saturated rings. The molecule has 1 aromatic carbocycles. The monoisotopic (exact) mass is 247 g/mol. The molecule has 0 aromatic heterocycles. The lowest BCUT2D eigenvalue weighted by Gasteiger charge is -2.39. The molecule has 1 aliphatic heterocycles. The normalized spacial score (nSPS) is 28.9. The maximum Gasteiger partial charge on any atom is 0.338 e. The number of likely N-dealkylation sites (tertiary alicyclic amines) is 1. The van der Waals surface area contributed by atoms with Crippen molar-refractivity contribution in [2.45, 2.75) is 32.4 Å². The molecule has 0 bridgehead atoms. The van der Waals surface area contributed by atoms with Gasteiger partial charge in [0.05, 0.1) is 5.56 Å². The number of hydrogen-bond acceptors (Lipinski definition) is 3. The van der Waals surface area contributed by atoms with Crippen LogP contribution in [0.2, 0.25) is 0 Å². The van der Waals surface area contributed by atoms with Crippen LogP contribution in [0.4, 0.5) is 0 Å². The Labute approximate surface area is 109 Å². The van der Waals surface area contributed by atoms with Gasteiger partial charge in [0.15, 0.2) is 0 Å². The summed E-state index contributed by atoms with van der Waals surface area (Å²) in [5.74, 6) is 0.183. The van der Waals surface area contributed by atoms with Gasteiger partial charge in [-0.1, -0.05) is 25.1 Å². The second-order valence-corrected chi connectivity index (χ2v) is 5.31. The Morgan fingerprint density at radius 1 is 1.28 bits per heavy atom. The molecule has 0 amide bonds. The fourth-order valence-corrected chi connectivity index (χ4v) is 2.44. The van der Waals surface area contributed by atoms with E-state index in [0.29, 0.717) is 17.5 Å². The van der Waals surface area contributed by atoms with Gasteiger partial charge < -0.3 is 9.64 Å². The first kappa shape index (κ1) is 13.1. The van der Waals surface area contributed by atoms with Crippen LogP contribution in [0.1, 0.15) is 30.6 Å². The van der Waals surface area contributed by atoms with Crippen LogP contribution in [-0.2, 0) is 4.74 Å². The Hall–Kier alpha value is -1.35. The fraction of sp³-hybridized carbons (Fsp3) is 0.533. The number of rotatable bonds is 2. The number of ether oxygens (including phenoxy) is 1. The summed E-state index contributed by atoms with van der Waals surface area (Å²) in [5.41, 5.74) is 0.635. The minimum atomic E-state index is -0.204. The van der Waals surface area contributed by atoms with E-state index in [9.17, 15) is 4.79 Å². The molecule has 3 atom stereocenters. The highest BCUT2D eigenvalue weighted by Gasteiger charge is 2.31. The van der Waals surface area contributed by atoms with Crippen molar-refractivity contribution in [1.29, 1.82) is 0 Å². The molecule has 3 nitrogen and oxygen atoms in total. The molecule has 0 saturated carbocycles. The van der Waals surface area contributed by atoms with Crippen molar-refractivity contribution in [3.05, 3.63) is 35.9 Å². The second kappa shape index (κ2) is 5.53. The average Bonchev–Trinajstić information content (AvgIpc) is 2.37. The van der Waals surface area contributed by atoms with E-state index in [2.05, 4.69) is 25.8 Å². The van der Waals surface area contributed by atoms with Crippen molar-refractivity contribution in [2.75, 3.05) is 13.6 Å². The van der Waals surface area contributed by atoms with E-state index < -0.39 is 0 Å². The van der Waals surface area contributed by atoms with Gasteiger partial charge in [-0.2, -0.15) is 0 Å². The summed E-state index contributed by atoms with van der Waals surface area (Å²) in [7, 11) is 2.12. The minimum absolute atomic E-state index is 0.0314. The molecular formula is C15H21NO2. The van der Waals surface area contributed by atoms with Crippen LogP contribution < -0.4 is 0 Å². The number of benzene rings is 1. The lowest BCUT2D eigenvalue weighted by atomic mass is 9.92. The van der Waals surface area contributed by atoms with Gasteiger partial charge in [-0.05, 0) is 32.5 Å². The van der Waals surface area contributed by atoms with Gasteiger partial charge in [0.25, 0.3) is 0 Å². The maximum absolute atomic E-state index is 12.0. The summed E-state index contributed by atoms with van der Waals surface area (Å²) >= 11 is 0. The van der Waals surface area contributed by atoms with Crippen molar-refractivity contribution in [3.63, 3.8) is 0 Å². The fourth-order valence-electron chi connectivity index (χ4n) is 2.44. The van der Waals surface area contributed by atoms with Crippen molar-refractivity contribution < 1.29 is 9.53 Å². The minimum Gasteiger partial charge on any atom is -0.458 e. The zero-order valence-corrected chi connectivity index (χ0v) is 11.3. The Kier molecular flexibility index (Phi) is 4.02. The first-order valence-corrected chi connectivity index (χ1v) is 6.54. The number of nitrogens with zero attached hydrogens (tertiary/aromatic N) is 1. The van der Waals surface area contributed by atoms with Gasteiger partial charge in [-0.3, -0.25) is 0 Å². The highest BCUT2D eigenvalue weighted by atomic mass is 16.5. The number of piperidine rings is 1. The molecule has 1 aliphatic rings. The number of carbonyl (C=O) groups is 1. The predicted octanol–water partition coefficient (Wildman–Crippen LogP) is 2.57. The van der Waals surface area contributed by atoms with Crippen LogP contribution in [0.25, 0.3) is 0 Å². The molecule has 2 rings (SSSR count). The Morgan fingerprint density at radius 2 is 1.94 bits per heavy atom. The van der Waals surface area contributed by atoms with Crippen LogP contribution in [-0.4, -0.2) is 36.6 Å². The first-order valence-electron chi connectivity index (χ1n) is 6.54. The molecule has 0 radical (unpaired) electrons. The average molecular weight is 247 g/mol. The molecule has 3 heteroatoms. The Balaban J connectivity index is 1.99. The smallest absolute Gasteiger partial charge is 0.338 e. The lowest BCUT2D eigenvalue weighted by molar-refractivity contribution is -0.0196. The highest BCUT2D eigenvalue weighted by Crippen LogP contribution is 2.24. The summed E-state index contributed by atoms with van der Waals surface area (Å²) in [6.07, 6.45) is 0.944. The van der Waals surface area contributed by atoms with E-state index in [0.717, 1.165) is 13.0 Å². The number of hydrogen-bond donors (Lipinski definition) is 0. The van der Waals surface area contributed by atoms with Gasteiger partial charge >= 0.3 is 5.97 Å². The summed E-state index contributed by atoms with van der Waals surface area (Å²) in [6, 6.07) is 9.68. The molecule has 98 valence electrons. The topological polar surface area (TPSA) is 29.5 Å². The summed E-state index contributed by atoms with van der Waals surface area (Å²) in [5, 5.41) is 0. The first-order chi connectivity index (χ1) is 8.58. The van der Waals surface area contributed by atoms with E-state index in [1.807, 2.05) is 18.2 Å². The molecule has 0 N–H and O–H groups in total. The molecule has 1 aromatic rings.